The Morgan fingerprint density at radius 1 is 0.837 bits per heavy atom. The number of halogens is 16. The molecule has 0 fully saturated rings. The van der Waals surface area contributed by atoms with Gasteiger partial charge >= 0.3 is 30.4 Å². The Morgan fingerprint density at radius 3 is 1.79 bits per heavy atom. The second-order valence-electron chi connectivity index (χ2n) is 8.71. The highest BCUT2D eigenvalue weighted by Gasteiger charge is 2.76. The first kappa shape index (κ1) is 36.5. The summed E-state index contributed by atoms with van der Waals surface area (Å²) < 4.78 is 173. The molecule has 0 heterocycles. The molecule has 0 radical (unpaired) electrons. The van der Waals surface area contributed by atoms with Crippen LogP contribution in [-0.4, -0.2) is 54.4 Å². The van der Waals surface area contributed by atoms with E-state index < -0.39 is 81.7 Å². The Balaban J connectivity index is 2.45. The van der Waals surface area contributed by atoms with Crippen LogP contribution in [0.2, 0.25) is 15.1 Å². The molecule has 0 spiro atoms. The van der Waals surface area contributed by atoms with Gasteiger partial charge in [-0.25, -0.2) is 0 Å². The predicted octanol–water partition coefficient (Wildman–Crippen LogP) is 9.50. The van der Waals surface area contributed by atoms with E-state index in [0.29, 0.717) is 24.3 Å². The number of carbonyl (C=O) groups is 2. The van der Waals surface area contributed by atoms with Crippen molar-refractivity contribution in [2.24, 2.45) is 0 Å². The third-order valence-electron chi connectivity index (χ3n) is 5.59. The summed E-state index contributed by atoms with van der Waals surface area (Å²) in [7, 11) is 0.164. The average molecular weight is 701 g/mol. The van der Waals surface area contributed by atoms with Crippen LogP contribution in [-0.2, 0) is 11.0 Å². The zero-order valence-electron chi connectivity index (χ0n) is 20.6. The van der Waals surface area contributed by atoms with Crippen LogP contribution in [0.5, 0.6) is 0 Å². The van der Waals surface area contributed by atoms with E-state index in [-0.39, 0.29) is 28.2 Å². The van der Waals surface area contributed by atoms with Crippen LogP contribution in [0.25, 0.3) is 6.08 Å². The van der Waals surface area contributed by atoms with Crippen LogP contribution < -0.4 is 0 Å². The summed E-state index contributed by atoms with van der Waals surface area (Å²) in [6.07, 6.45) is -16.4. The van der Waals surface area contributed by atoms with E-state index in [4.69, 9.17) is 34.8 Å². The van der Waals surface area contributed by atoms with Crippen LogP contribution in [0.15, 0.2) is 36.4 Å². The number of allylic oxidation sites excluding steroid dienone is 1. The molecule has 0 aliphatic heterocycles. The first-order chi connectivity index (χ1) is 19.2. The largest absolute Gasteiger partial charge is 0.460 e. The maximum atomic E-state index is 13.7. The van der Waals surface area contributed by atoms with Gasteiger partial charge in [0, 0.05) is 12.6 Å². The van der Waals surface area contributed by atoms with Gasteiger partial charge in [-0.1, -0.05) is 59.1 Å². The molecule has 0 aliphatic carbocycles. The van der Waals surface area contributed by atoms with Crippen molar-refractivity contribution < 1.29 is 66.7 Å². The highest BCUT2D eigenvalue weighted by molar-refractivity contribution is 6.48. The highest BCUT2D eigenvalue weighted by Crippen LogP contribution is 2.47. The van der Waals surface area contributed by atoms with Crippen molar-refractivity contribution in [1.29, 1.82) is 0 Å². The third kappa shape index (κ3) is 7.87. The zero-order valence-corrected chi connectivity index (χ0v) is 22.9. The fraction of sp³-hybridized carbons (Fsp3) is 0.333. The second-order valence-corrected chi connectivity index (χ2v) is 9.90. The van der Waals surface area contributed by atoms with Gasteiger partial charge in [0.2, 0.25) is 0 Å². The standard InChI is InChI=1S/C24H13Cl3F13NO2/c1-41(19(43)20(28,29)23(36,37)24(38,39)40)9-17(42)12-4-2-10(6-14(12)22(33,34)35)3-5-13(21(30,31)32)11-7-15(25)18(27)16(26)8-11/h2-8,13H,9H2,1H3/b5-3+. The molecule has 3 nitrogen and oxygen atoms in total. The summed E-state index contributed by atoms with van der Waals surface area (Å²) in [4.78, 5) is 23.5. The van der Waals surface area contributed by atoms with E-state index in [9.17, 15) is 66.7 Å². The van der Waals surface area contributed by atoms with Crippen molar-refractivity contribution in [3.63, 3.8) is 0 Å². The molecule has 0 saturated carbocycles. The molecule has 238 valence electrons. The van der Waals surface area contributed by atoms with E-state index in [1.165, 1.54) is 0 Å². The van der Waals surface area contributed by atoms with Gasteiger partial charge in [0.15, 0.2) is 5.78 Å². The van der Waals surface area contributed by atoms with Crippen LogP contribution in [0, 0.1) is 0 Å². The minimum Gasteiger partial charge on any atom is -0.333 e. The number of benzene rings is 2. The quantitative estimate of drug-likeness (QED) is 0.156. The molecule has 1 amide bonds. The molecule has 2 rings (SSSR count). The number of carbonyl (C=O) groups excluding carboxylic acids is 2. The smallest absolute Gasteiger partial charge is 0.333 e. The molecule has 1 atom stereocenters. The summed E-state index contributed by atoms with van der Waals surface area (Å²) in [6.45, 7) is -1.81. The van der Waals surface area contributed by atoms with E-state index >= 15 is 0 Å². The van der Waals surface area contributed by atoms with Crippen LogP contribution in [0.4, 0.5) is 57.1 Å². The predicted molar refractivity (Wildman–Crippen MR) is 129 cm³/mol. The Bertz CT molecular complexity index is 1390. The fourth-order valence-electron chi connectivity index (χ4n) is 3.44. The van der Waals surface area contributed by atoms with Crippen molar-refractivity contribution in [3.8, 4) is 0 Å². The minimum absolute atomic E-state index is 0.164. The van der Waals surface area contributed by atoms with Crippen molar-refractivity contribution in [2.75, 3.05) is 13.6 Å². The summed E-state index contributed by atoms with van der Waals surface area (Å²) in [5, 5.41) is -0.994. The van der Waals surface area contributed by atoms with Crippen molar-refractivity contribution in [3.05, 3.63) is 73.7 Å². The third-order valence-corrected chi connectivity index (χ3v) is 6.79. The van der Waals surface area contributed by atoms with Gasteiger partial charge in [-0.15, -0.1) is 0 Å². The van der Waals surface area contributed by atoms with E-state index in [1.807, 2.05) is 0 Å². The number of likely N-dealkylation sites (N-methyl/N-ethyl adjacent to an activating group) is 1. The van der Waals surface area contributed by atoms with Gasteiger partial charge in [0.25, 0.3) is 5.91 Å². The summed E-state index contributed by atoms with van der Waals surface area (Å²) in [5.41, 5.74) is -4.34. The van der Waals surface area contributed by atoms with Gasteiger partial charge < -0.3 is 4.90 Å². The van der Waals surface area contributed by atoms with E-state index in [2.05, 4.69) is 0 Å². The molecule has 0 saturated heterocycles. The summed E-state index contributed by atoms with van der Waals surface area (Å²) >= 11 is 17.2. The number of ketones is 1. The van der Waals surface area contributed by atoms with Crippen LogP contribution in [0.1, 0.15) is 33.0 Å². The molecule has 2 aromatic rings. The lowest BCUT2D eigenvalue weighted by Crippen LogP contribution is -2.60. The molecular weight excluding hydrogens is 688 g/mol. The highest BCUT2D eigenvalue weighted by atomic mass is 35.5. The van der Waals surface area contributed by atoms with Crippen molar-refractivity contribution >= 4 is 52.6 Å². The summed E-state index contributed by atoms with van der Waals surface area (Å²) in [5.74, 6) is -20.9. The second kappa shape index (κ2) is 12.3. The fourth-order valence-corrected chi connectivity index (χ4v) is 4.05. The van der Waals surface area contributed by atoms with Gasteiger partial charge in [-0.2, -0.15) is 57.1 Å². The molecule has 2 aromatic carbocycles. The number of hydrogen-bond donors (Lipinski definition) is 0. The van der Waals surface area contributed by atoms with Crippen molar-refractivity contribution in [1.82, 2.24) is 4.90 Å². The Kier molecular flexibility index (Phi) is 10.5. The normalized spacial score (nSPS) is 14.3. The summed E-state index contributed by atoms with van der Waals surface area (Å²) in [6, 6.07) is 2.86. The molecule has 43 heavy (non-hydrogen) atoms. The molecule has 0 bridgehead atoms. The van der Waals surface area contributed by atoms with Gasteiger partial charge in [-0.3, -0.25) is 9.59 Å². The molecule has 1 unspecified atom stereocenters. The first-order valence-corrected chi connectivity index (χ1v) is 12.1. The Morgan fingerprint density at radius 2 is 1.35 bits per heavy atom. The topological polar surface area (TPSA) is 37.4 Å². The number of Topliss-reactive ketones (excluding diaryl/α,β-unsaturated/α-hetero) is 1. The molecule has 19 heteroatoms. The molecular formula is C24H13Cl3F13NO2. The number of amides is 1. The Labute approximate surface area is 247 Å². The lowest BCUT2D eigenvalue weighted by atomic mass is 9.95. The average Bonchev–Trinajstić information content (AvgIpc) is 2.84. The van der Waals surface area contributed by atoms with E-state index in [1.54, 1.807) is 0 Å². The van der Waals surface area contributed by atoms with Crippen LogP contribution in [0.3, 0.4) is 0 Å². The number of nitrogens with zero attached hydrogens (tertiary/aromatic N) is 1. The SMILES string of the molecule is CN(CC(=O)c1ccc(/C=C/C(c2cc(Cl)c(Cl)c(Cl)c2)C(F)(F)F)cc1C(F)(F)F)C(=O)C(F)(F)C(F)(F)C(F)(F)F. The number of hydrogen-bond acceptors (Lipinski definition) is 2. The minimum atomic E-state index is -6.90. The van der Waals surface area contributed by atoms with Crippen molar-refractivity contribution in [2.45, 2.75) is 36.3 Å². The molecule has 0 aromatic heterocycles. The number of alkyl halides is 13. The first-order valence-electron chi connectivity index (χ1n) is 10.9. The van der Waals surface area contributed by atoms with E-state index in [0.717, 1.165) is 12.1 Å². The zero-order chi connectivity index (χ0) is 33.5. The molecule has 0 aliphatic rings. The van der Waals surface area contributed by atoms with Gasteiger partial charge in [0.05, 0.1) is 33.1 Å². The molecule has 0 N–H and O–H groups in total. The van der Waals surface area contributed by atoms with Gasteiger partial charge in [0.1, 0.15) is 0 Å². The number of rotatable bonds is 8. The Hall–Kier alpha value is -2.72. The monoisotopic (exact) mass is 699 g/mol. The maximum absolute atomic E-state index is 13.7. The lowest BCUT2D eigenvalue weighted by Gasteiger charge is -2.30. The lowest BCUT2D eigenvalue weighted by molar-refractivity contribution is -0.345. The van der Waals surface area contributed by atoms with Crippen LogP contribution >= 0.6 is 34.8 Å². The van der Waals surface area contributed by atoms with Gasteiger partial charge in [-0.05, 0) is 29.3 Å². The maximum Gasteiger partial charge on any atom is 0.460 e.